The number of rotatable bonds is 9. The highest BCUT2D eigenvalue weighted by Gasteiger charge is 2.26. The minimum absolute atomic E-state index is 0.339. The second kappa shape index (κ2) is 10.2. The summed E-state index contributed by atoms with van der Waals surface area (Å²) in [6.45, 7) is 2.77. The number of aromatic carboxylic acids is 1. The van der Waals surface area contributed by atoms with Crippen LogP contribution >= 0.6 is 0 Å². The van der Waals surface area contributed by atoms with E-state index in [2.05, 4.69) is 17.6 Å². The molecule has 1 aliphatic carbocycles. The van der Waals surface area contributed by atoms with Crippen molar-refractivity contribution in [2.75, 3.05) is 0 Å². The van der Waals surface area contributed by atoms with Gasteiger partial charge in [-0.25, -0.2) is 4.79 Å². The molecule has 0 saturated heterocycles. The van der Waals surface area contributed by atoms with Gasteiger partial charge in [0.15, 0.2) is 0 Å². The smallest absolute Gasteiger partial charge is 0.337 e. The number of nitrogens with zero attached hydrogens (tertiary/aromatic N) is 1. The number of fused-ring (bicyclic) bond motifs is 3. The number of nitrogens with two attached hydrogens (primary N) is 1. The number of unbranched alkanes of at least 4 members (excludes halogenated alkanes) is 3. The highest BCUT2D eigenvalue weighted by Crippen LogP contribution is 2.37. The molecular formula is C28H34N2O3. The number of para-hydroxylation sites is 1. The van der Waals surface area contributed by atoms with E-state index in [0.717, 1.165) is 35.7 Å². The molecule has 1 unspecified atom stereocenters. The zero-order valence-corrected chi connectivity index (χ0v) is 19.5. The molecular weight excluding hydrogens is 412 g/mol. The summed E-state index contributed by atoms with van der Waals surface area (Å²) in [5.74, 6) is -0.737. The number of carbonyl (C=O) groups is 2. The maximum absolute atomic E-state index is 12.1. The Kier molecular flexibility index (Phi) is 7.17. The van der Waals surface area contributed by atoms with E-state index in [1.807, 2.05) is 24.3 Å². The topological polar surface area (TPSA) is 85.3 Å². The maximum Gasteiger partial charge on any atom is 0.337 e. The van der Waals surface area contributed by atoms with Crippen molar-refractivity contribution in [3.05, 3.63) is 70.4 Å². The van der Waals surface area contributed by atoms with Gasteiger partial charge in [0, 0.05) is 23.2 Å². The predicted molar refractivity (Wildman–Crippen MR) is 132 cm³/mol. The number of benzene rings is 2. The SMILES string of the molecule is CCCCCCC1CCCc2c(n(Cc3cccc(C(N)=O)c3)c3c(C(=O)O)cccc23)C1. The summed E-state index contributed by atoms with van der Waals surface area (Å²) in [5, 5.41) is 11.0. The van der Waals surface area contributed by atoms with E-state index in [0.29, 0.717) is 23.6 Å². The lowest BCUT2D eigenvalue weighted by Gasteiger charge is -2.18. The summed E-state index contributed by atoms with van der Waals surface area (Å²) in [7, 11) is 0. The molecule has 0 fully saturated rings. The molecule has 5 nitrogen and oxygen atoms in total. The first-order chi connectivity index (χ1) is 16.0. The van der Waals surface area contributed by atoms with E-state index in [4.69, 9.17) is 5.73 Å². The first kappa shape index (κ1) is 23.1. The lowest BCUT2D eigenvalue weighted by molar-refractivity contribution is 0.0698. The van der Waals surface area contributed by atoms with Crippen LogP contribution in [0.3, 0.4) is 0 Å². The third-order valence-corrected chi connectivity index (χ3v) is 7.07. The van der Waals surface area contributed by atoms with Crippen LogP contribution in [0.2, 0.25) is 0 Å². The fraction of sp³-hybridized carbons (Fsp3) is 0.429. The summed E-state index contributed by atoms with van der Waals surface area (Å²) in [6.07, 6.45) is 10.6. The number of aromatic nitrogens is 1. The lowest BCUT2D eigenvalue weighted by atomic mass is 9.93. The van der Waals surface area contributed by atoms with Gasteiger partial charge in [-0.05, 0) is 60.9 Å². The van der Waals surface area contributed by atoms with Crippen molar-refractivity contribution < 1.29 is 14.7 Å². The van der Waals surface area contributed by atoms with Crippen LogP contribution in [0.25, 0.3) is 10.9 Å². The molecule has 174 valence electrons. The summed E-state index contributed by atoms with van der Waals surface area (Å²) in [4.78, 5) is 23.9. The molecule has 1 atom stereocenters. The normalized spacial score (nSPS) is 15.8. The first-order valence-electron chi connectivity index (χ1n) is 12.2. The Labute approximate surface area is 195 Å². The summed E-state index contributed by atoms with van der Waals surface area (Å²) < 4.78 is 2.21. The van der Waals surface area contributed by atoms with Crippen molar-refractivity contribution in [2.45, 2.75) is 71.3 Å². The molecule has 5 heteroatoms. The monoisotopic (exact) mass is 446 g/mol. The van der Waals surface area contributed by atoms with Crippen LogP contribution in [0.15, 0.2) is 42.5 Å². The fourth-order valence-corrected chi connectivity index (χ4v) is 5.45. The minimum atomic E-state index is -0.906. The minimum Gasteiger partial charge on any atom is -0.478 e. The highest BCUT2D eigenvalue weighted by molar-refractivity contribution is 6.04. The largest absolute Gasteiger partial charge is 0.478 e. The third-order valence-electron chi connectivity index (χ3n) is 7.07. The quantitative estimate of drug-likeness (QED) is 0.314. The van der Waals surface area contributed by atoms with Crippen LogP contribution in [0.4, 0.5) is 0 Å². The van der Waals surface area contributed by atoms with Crippen LogP contribution in [0.5, 0.6) is 0 Å². The predicted octanol–water partition coefficient (Wildman–Crippen LogP) is 5.95. The van der Waals surface area contributed by atoms with E-state index in [-0.39, 0.29) is 0 Å². The average molecular weight is 447 g/mol. The highest BCUT2D eigenvalue weighted by atomic mass is 16.4. The lowest BCUT2D eigenvalue weighted by Crippen LogP contribution is -2.13. The molecule has 3 N–H and O–H groups in total. The maximum atomic E-state index is 12.1. The van der Waals surface area contributed by atoms with Crippen molar-refractivity contribution >= 4 is 22.8 Å². The van der Waals surface area contributed by atoms with Crippen molar-refractivity contribution in [3.63, 3.8) is 0 Å². The van der Waals surface area contributed by atoms with Gasteiger partial charge in [0.1, 0.15) is 0 Å². The summed E-state index contributed by atoms with van der Waals surface area (Å²) >= 11 is 0. The van der Waals surface area contributed by atoms with E-state index in [1.165, 1.54) is 49.8 Å². The van der Waals surface area contributed by atoms with E-state index < -0.39 is 11.9 Å². The number of primary amides is 1. The fourth-order valence-electron chi connectivity index (χ4n) is 5.45. The Morgan fingerprint density at radius 3 is 2.70 bits per heavy atom. The molecule has 1 aliphatic rings. The molecule has 1 aromatic heterocycles. The van der Waals surface area contributed by atoms with E-state index in [9.17, 15) is 14.7 Å². The molecule has 2 aromatic carbocycles. The Morgan fingerprint density at radius 2 is 1.94 bits per heavy atom. The van der Waals surface area contributed by atoms with Crippen LogP contribution in [0, 0.1) is 5.92 Å². The van der Waals surface area contributed by atoms with Crippen LogP contribution in [-0.4, -0.2) is 21.6 Å². The van der Waals surface area contributed by atoms with E-state index >= 15 is 0 Å². The summed E-state index contributed by atoms with van der Waals surface area (Å²) in [5.41, 5.74) is 10.6. The van der Waals surface area contributed by atoms with Crippen molar-refractivity contribution in [3.8, 4) is 0 Å². The van der Waals surface area contributed by atoms with Crippen molar-refractivity contribution in [2.24, 2.45) is 11.7 Å². The first-order valence-corrected chi connectivity index (χ1v) is 12.2. The van der Waals surface area contributed by atoms with Crippen molar-refractivity contribution in [1.29, 1.82) is 0 Å². The number of carboxylic acids is 1. The zero-order valence-electron chi connectivity index (χ0n) is 19.5. The van der Waals surface area contributed by atoms with E-state index in [1.54, 1.807) is 12.1 Å². The van der Waals surface area contributed by atoms with Gasteiger partial charge in [-0.2, -0.15) is 0 Å². The van der Waals surface area contributed by atoms with Crippen LogP contribution in [-0.2, 0) is 19.4 Å². The third kappa shape index (κ3) is 4.97. The Bertz CT molecular complexity index is 1160. The number of aryl methyl sites for hydroxylation is 1. The molecule has 0 saturated carbocycles. The van der Waals surface area contributed by atoms with Gasteiger partial charge >= 0.3 is 5.97 Å². The average Bonchev–Trinajstić information content (AvgIpc) is 2.95. The van der Waals surface area contributed by atoms with Gasteiger partial charge in [-0.15, -0.1) is 0 Å². The molecule has 0 bridgehead atoms. The molecule has 33 heavy (non-hydrogen) atoms. The molecule has 0 aliphatic heterocycles. The number of hydrogen-bond acceptors (Lipinski definition) is 2. The molecule has 1 heterocycles. The zero-order chi connectivity index (χ0) is 23.4. The van der Waals surface area contributed by atoms with Gasteiger partial charge in [-0.1, -0.05) is 63.3 Å². The Hall–Kier alpha value is -3.08. The standard InChI is InChI=1S/C28H34N2O3/c1-2-3-4-5-9-19-10-7-13-22-23-14-8-15-24(28(32)33)26(23)30(25(22)17-19)18-20-11-6-12-21(16-20)27(29)31/h6,8,11-12,14-16,19H,2-5,7,9-10,13,17-18H2,1H3,(H2,29,31)(H,32,33). The van der Waals surface area contributed by atoms with Gasteiger partial charge < -0.3 is 15.4 Å². The van der Waals surface area contributed by atoms with Gasteiger partial charge in [0.05, 0.1) is 11.1 Å². The molecule has 0 radical (unpaired) electrons. The molecule has 0 spiro atoms. The number of hydrogen-bond donors (Lipinski definition) is 2. The summed E-state index contributed by atoms with van der Waals surface area (Å²) in [6, 6.07) is 13.0. The number of carboxylic acid groups (broad SMARTS) is 1. The van der Waals surface area contributed by atoms with Gasteiger partial charge in [0.25, 0.3) is 0 Å². The van der Waals surface area contributed by atoms with Gasteiger partial charge in [0.2, 0.25) is 5.91 Å². The van der Waals surface area contributed by atoms with Gasteiger partial charge in [-0.3, -0.25) is 4.79 Å². The second-order valence-electron chi connectivity index (χ2n) is 9.39. The van der Waals surface area contributed by atoms with Crippen LogP contribution < -0.4 is 5.73 Å². The Balaban J connectivity index is 1.78. The molecule has 3 aromatic rings. The van der Waals surface area contributed by atoms with Crippen LogP contribution in [0.1, 0.15) is 89.4 Å². The Morgan fingerprint density at radius 1 is 1.12 bits per heavy atom. The number of carbonyl (C=O) groups excluding carboxylic acids is 1. The second-order valence-corrected chi connectivity index (χ2v) is 9.39. The molecule has 1 amide bonds. The molecule has 4 rings (SSSR count). The van der Waals surface area contributed by atoms with Crippen molar-refractivity contribution in [1.82, 2.24) is 4.57 Å². The number of amides is 1.